The van der Waals surface area contributed by atoms with Gasteiger partial charge in [-0.1, -0.05) is 16.9 Å². The summed E-state index contributed by atoms with van der Waals surface area (Å²) in [6.07, 6.45) is -1.71. The number of nitrogens with zero attached hydrogens (tertiary/aromatic N) is 5. The number of aromatic nitrogens is 1. The first-order chi connectivity index (χ1) is 17.1. The van der Waals surface area contributed by atoms with Crippen LogP contribution in [0.1, 0.15) is 5.69 Å². The van der Waals surface area contributed by atoms with Gasteiger partial charge in [0.1, 0.15) is 24.2 Å². The molecule has 0 aromatic carbocycles. The minimum atomic E-state index is -1.71. The summed E-state index contributed by atoms with van der Waals surface area (Å²) in [5, 5.41) is 32.1. The number of carboxylic acid groups (broad SMARTS) is 1. The number of carbonyl (C=O) groups excluding carboxylic acids is 4. The number of oxime groups is 1. The quantitative estimate of drug-likeness (QED) is 0.115. The van der Waals surface area contributed by atoms with E-state index in [1.165, 1.54) is 36.3 Å². The van der Waals surface area contributed by atoms with Gasteiger partial charge in [0.2, 0.25) is 5.91 Å². The summed E-state index contributed by atoms with van der Waals surface area (Å²) in [4.78, 5) is 62.7. The van der Waals surface area contributed by atoms with Gasteiger partial charge in [-0.3, -0.25) is 24.3 Å². The van der Waals surface area contributed by atoms with E-state index < -0.39 is 41.3 Å². The second-order valence-electron chi connectivity index (χ2n) is 7.38. The zero-order valence-corrected chi connectivity index (χ0v) is 27.1. The van der Waals surface area contributed by atoms with E-state index in [9.17, 15) is 29.4 Å². The number of rotatable bonds is 7. The molecule has 4 rings (SSSR count). The van der Waals surface area contributed by atoms with Crippen LogP contribution in [0.15, 0.2) is 26.8 Å². The van der Waals surface area contributed by atoms with E-state index in [1.807, 2.05) is 0 Å². The number of thioether (sulfide) groups is 2. The topological polar surface area (TPSA) is 218 Å². The Morgan fingerprint density at radius 1 is 1.39 bits per heavy atom. The van der Waals surface area contributed by atoms with E-state index in [2.05, 4.69) is 25.9 Å². The number of aliphatic carboxylic acids is 1. The molecule has 3 aliphatic rings. The first-order valence-electron chi connectivity index (χ1n) is 10.0. The van der Waals surface area contributed by atoms with Crippen molar-refractivity contribution in [2.75, 3.05) is 31.4 Å². The van der Waals surface area contributed by atoms with Gasteiger partial charge in [-0.25, -0.2) is 10.4 Å². The van der Waals surface area contributed by atoms with E-state index in [0.717, 1.165) is 28.0 Å². The molecule has 15 nitrogen and oxygen atoms in total. The number of amides is 3. The number of hydrogen-bond acceptors (Lipinski definition) is 15. The number of hydrogen-bond donors (Lipinski definition) is 3. The number of fused-ring (bicyclic) bond motifs is 1. The van der Waals surface area contributed by atoms with Crippen molar-refractivity contribution in [3.05, 3.63) is 22.3 Å². The summed E-state index contributed by atoms with van der Waals surface area (Å²) in [5.74, 6) is -3.55. The fourth-order valence-corrected chi connectivity index (χ4v) is 6.45. The van der Waals surface area contributed by atoms with Gasteiger partial charge in [0.05, 0.1) is 11.7 Å². The summed E-state index contributed by atoms with van der Waals surface area (Å²) < 4.78 is 0. The molecule has 3 aliphatic heterocycles. The van der Waals surface area contributed by atoms with Crippen LogP contribution in [0.3, 0.4) is 0 Å². The van der Waals surface area contributed by atoms with E-state index >= 15 is 0 Å². The number of nitrogens with two attached hydrogens (primary N) is 1. The number of β-lactam (4-membered cyclic amide) rings is 1. The number of carboxylic acids is 1. The standard InChI is InChI=1S/C18H19N8O7S3.2Na/c1-25-18(22-12(28)13(29)23-25)36-4-6-3-34-15-9(14(30)26(15)10(6)16(31)32)21-11(27)8(24-33-2)7-5-35-17(19)20-7;;/h5,9,13,15,23H,3-4H2,1-2H3,(H2,19,20)(H,21,27)(H,31,32);;/q-1;2*+1/p-1/b24-8-;;/t9-,13?,15-;;/m1../s1. The van der Waals surface area contributed by atoms with Gasteiger partial charge in [-0.15, -0.1) is 23.1 Å². The molecule has 192 valence electrons. The molecule has 3 amide bonds. The number of anilines is 1. The zero-order chi connectivity index (χ0) is 26.1. The summed E-state index contributed by atoms with van der Waals surface area (Å²) in [7, 11) is 2.74. The largest absolute Gasteiger partial charge is 1.00 e. The van der Waals surface area contributed by atoms with Crippen molar-refractivity contribution in [2.45, 2.75) is 17.6 Å². The Bertz CT molecular complexity index is 1230. The van der Waals surface area contributed by atoms with Gasteiger partial charge in [0.25, 0.3) is 11.8 Å². The molecule has 0 saturated carbocycles. The number of nitrogens with one attached hydrogen (secondary N) is 2. The van der Waals surface area contributed by atoms with Crippen LogP contribution >= 0.6 is 34.9 Å². The molecule has 20 heteroatoms. The van der Waals surface area contributed by atoms with E-state index in [1.54, 1.807) is 0 Å². The third kappa shape index (κ3) is 6.74. The number of thiazole rings is 1. The molecule has 1 saturated heterocycles. The minimum absolute atomic E-state index is 0. The fourth-order valence-electron chi connectivity index (χ4n) is 3.48. The first kappa shape index (κ1) is 33.0. The Balaban J connectivity index is 0.00000253. The van der Waals surface area contributed by atoms with Gasteiger partial charge in [0.15, 0.2) is 16.0 Å². The SMILES string of the molecule is CO/N=C(\C(=O)N[C@@H]1C(=O)N2C(C(=O)[O-])=C(CSC3=NC(=O)C([O-])NN3C)CS[C@H]12)c1csc(N)n1.[Na+].[Na+]. The van der Waals surface area contributed by atoms with Crippen LogP contribution in [0.2, 0.25) is 0 Å². The van der Waals surface area contributed by atoms with Crippen LogP contribution in [0.4, 0.5) is 5.13 Å². The van der Waals surface area contributed by atoms with Crippen LogP contribution in [-0.2, 0) is 24.0 Å². The van der Waals surface area contributed by atoms with Crippen molar-refractivity contribution in [2.24, 2.45) is 10.1 Å². The average Bonchev–Trinajstić information content (AvgIpc) is 3.27. The van der Waals surface area contributed by atoms with Crippen molar-refractivity contribution in [3.8, 4) is 0 Å². The van der Waals surface area contributed by atoms with Crippen molar-refractivity contribution in [1.29, 1.82) is 0 Å². The normalized spacial score (nSPS) is 23.0. The third-order valence-electron chi connectivity index (χ3n) is 5.09. The number of amidine groups is 1. The third-order valence-corrected chi connectivity index (χ3v) is 8.22. The van der Waals surface area contributed by atoms with Crippen molar-refractivity contribution in [3.63, 3.8) is 0 Å². The Kier molecular flexibility index (Phi) is 12.1. The van der Waals surface area contributed by atoms with Crippen molar-refractivity contribution in [1.82, 2.24) is 25.6 Å². The smallest absolute Gasteiger partial charge is 0.832 e. The molecule has 0 spiro atoms. The molecular formula is C18H18N8Na2O7S3. The molecule has 1 unspecified atom stereocenters. The zero-order valence-electron chi connectivity index (χ0n) is 20.6. The number of nitrogen functional groups attached to an aromatic ring is 1. The Morgan fingerprint density at radius 3 is 2.71 bits per heavy atom. The summed E-state index contributed by atoms with van der Waals surface area (Å²) in [5.41, 5.74) is 8.03. The predicted molar refractivity (Wildman–Crippen MR) is 127 cm³/mol. The molecule has 0 bridgehead atoms. The van der Waals surface area contributed by atoms with Crippen molar-refractivity contribution >= 4 is 74.6 Å². The van der Waals surface area contributed by atoms with Crippen LogP contribution in [0, 0.1) is 0 Å². The molecular weight excluding hydrogens is 582 g/mol. The maximum atomic E-state index is 12.9. The second kappa shape index (κ2) is 13.9. The van der Waals surface area contributed by atoms with Gasteiger partial charge >= 0.3 is 59.1 Å². The van der Waals surface area contributed by atoms with Crippen molar-refractivity contribution < 1.29 is 93.3 Å². The molecule has 1 aromatic rings. The van der Waals surface area contributed by atoms with Gasteiger partial charge in [-0.05, 0) is 5.57 Å². The number of hydrazine groups is 1. The fraction of sp³-hybridized carbons (Fsp3) is 0.389. The molecule has 38 heavy (non-hydrogen) atoms. The number of carbonyl (C=O) groups is 4. The van der Waals surface area contributed by atoms with Gasteiger partial charge in [-0.2, -0.15) is 4.99 Å². The monoisotopic (exact) mass is 600 g/mol. The minimum Gasteiger partial charge on any atom is -0.832 e. The van der Waals surface area contributed by atoms with E-state index in [0.29, 0.717) is 5.57 Å². The number of aliphatic imine (C=N–C) groups is 1. The van der Waals surface area contributed by atoms with Crippen LogP contribution in [0.5, 0.6) is 0 Å². The summed E-state index contributed by atoms with van der Waals surface area (Å²) in [6.45, 7) is 0. The maximum Gasteiger partial charge on any atom is 1.00 e. The Hall–Kier alpha value is -1.19. The second-order valence-corrected chi connectivity index (χ2v) is 10.3. The molecule has 1 fully saturated rings. The molecule has 3 atom stereocenters. The van der Waals surface area contributed by atoms with Gasteiger partial charge in [0, 0.05) is 30.2 Å². The molecule has 0 aliphatic carbocycles. The molecule has 1 aromatic heterocycles. The van der Waals surface area contributed by atoms with Crippen LogP contribution in [0.25, 0.3) is 0 Å². The van der Waals surface area contributed by atoms with E-state index in [-0.39, 0.29) is 98.0 Å². The van der Waals surface area contributed by atoms with Crippen LogP contribution in [-0.4, -0.2) is 92.8 Å². The summed E-state index contributed by atoms with van der Waals surface area (Å²) in [6, 6.07) is -1.02. The molecule has 4 heterocycles. The predicted octanol–water partition coefficient (Wildman–Crippen LogP) is -9.76. The average molecular weight is 601 g/mol. The molecule has 4 N–H and O–H groups in total. The summed E-state index contributed by atoms with van der Waals surface area (Å²) >= 11 is 3.37. The Labute approximate surface area is 272 Å². The Morgan fingerprint density at radius 2 is 2.11 bits per heavy atom. The molecule has 0 radical (unpaired) electrons. The van der Waals surface area contributed by atoms with Crippen LogP contribution < -0.4 is 85.8 Å². The van der Waals surface area contributed by atoms with Gasteiger partial charge < -0.3 is 30.9 Å². The first-order valence-corrected chi connectivity index (χ1v) is 13.0. The maximum absolute atomic E-state index is 12.9. The van der Waals surface area contributed by atoms with E-state index in [4.69, 9.17) is 10.6 Å².